The molecule has 6 heteroatoms. The average Bonchev–Trinajstić information content (AvgIpc) is 3.04. The highest BCUT2D eigenvalue weighted by atomic mass is 16.4. The Morgan fingerprint density at radius 3 is 1.96 bits per heavy atom. The van der Waals surface area contributed by atoms with Crippen LogP contribution in [0, 0.1) is 23.2 Å². The first-order chi connectivity index (χ1) is 11.9. The van der Waals surface area contributed by atoms with E-state index in [4.69, 9.17) is 10.2 Å². The molecule has 4 fully saturated rings. The maximum absolute atomic E-state index is 9.55. The summed E-state index contributed by atoms with van der Waals surface area (Å²) in [5.41, 5.74) is 0.721. The molecule has 0 amide bonds. The highest BCUT2D eigenvalue weighted by molar-refractivity contribution is 5.89. The Hall–Kier alpha value is -2.11. The second-order valence-electron chi connectivity index (χ2n) is 7.98. The van der Waals surface area contributed by atoms with E-state index in [9.17, 15) is 9.59 Å². The lowest BCUT2D eigenvalue weighted by molar-refractivity contribution is -0.134. The van der Waals surface area contributed by atoms with Crippen LogP contribution >= 0.6 is 0 Å². The minimum atomic E-state index is -1.26. The van der Waals surface area contributed by atoms with Gasteiger partial charge in [-0.25, -0.2) is 14.6 Å². The number of nitrogens with zero attached hydrogens (tertiary/aromatic N) is 2. The van der Waals surface area contributed by atoms with Crippen LogP contribution < -0.4 is 0 Å². The molecule has 0 aromatic carbocycles. The monoisotopic (exact) mass is 346 g/mol. The van der Waals surface area contributed by atoms with E-state index < -0.39 is 11.9 Å². The number of rotatable bonds is 5. The summed E-state index contributed by atoms with van der Waals surface area (Å²) >= 11 is 0. The van der Waals surface area contributed by atoms with Crippen molar-refractivity contribution < 1.29 is 19.8 Å². The number of hydrogen-bond acceptors (Lipinski definition) is 3. The quantitative estimate of drug-likeness (QED) is 0.799. The first-order valence-corrected chi connectivity index (χ1v) is 9.04. The summed E-state index contributed by atoms with van der Waals surface area (Å²) in [5, 5.41) is 15.6. The molecule has 1 aromatic heterocycles. The summed E-state index contributed by atoms with van der Waals surface area (Å²) in [6.45, 7) is 1.19. The smallest absolute Gasteiger partial charge is 0.328 e. The van der Waals surface area contributed by atoms with Crippen LogP contribution in [-0.2, 0) is 16.1 Å². The lowest BCUT2D eigenvalue weighted by atomic mass is 9.49. The SMILES string of the molecule is O=C(O)C=CC(=O)O.c1cn(CCC23CC4CC(CC(C4)C2)C3)cn1. The molecular weight excluding hydrogens is 320 g/mol. The number of aliphatic carboxylic acids is 2. The molecular formula is C19H26N2O4. The van der Waals surface area contributed by atoms with Gasteiger partial charge in [-0.1, -0.05) is 0 Å². The molecule has 6 nitrogen and oxygen atoms in total. The van der Waals surface area contributed by atoms with Crippen LogP contribution in [0.1, 0.15) is 44.9 Å². The molecule has 0 saturated heterocycles. The van der Waals surface area contributed by atoms with E-state index in [1.54, 1.807) is 19.3 Å². The first kappa shape index (κ1) is 17.7. The van der Waals surface area contributed by atoms with E-state index in [1.807, 2.05) is 12.5 Å². The fraction of sp³-hybridized carbons (Fsp3) is 0.632. The molecule has 0 radical (unpaired) electrons. The summed E-state index contributed by atoms with van der Waals surface area (Å²) < 4.78 is 2.26. The molecule has 4 aliphatic carbocycles. The van der Waals surface area contributed by atoms with Crippen molar-refractivity contribution in [3.63, 3.8) is 0 Å². The van der Waals surface area contributed by atoms with Gasteiger partial charge in [0.05, 0.1) is 6.33 Å². The summed E-state index contributed by atoms with van der Waals surface area (Å²) in [7, 11) is 0. The molecule has 0 aliphatic heterocycles. The average molecular weight is 346 g/mol. The Labute approximate surface area is 147 Å². The van der Waals surface area contributed by atoms with Gasteiger partial charge in [0.2, 0.25) is 0 Å². The van der Waals surface area contributed by atoms with Crippen LogP contribution in [-0.4, -0.2) is 31.7 Å². The molecule has 1 aromatic rings. The summed E-state index contributed by atoms with van der Waals surface area (Å²) in [6, 6.07) is 0. The Morgan fingerprint density at radius 2 is 1.56 bits per heavy atom. The maximum atomic E-state index is 9.55. The Kier molecular flexibility index (Phi) is 5.25. The van der Waals surface area contributed by atoms with E-state index >= 15 is 0 Å². The largest absolute Gasteiger partial charge is 0.478 e. The van der Waals surface area contributed by atoms with Crippen molar-refractivity contribution in [1.29, 1.82) is 0 Å². The van der Waals surface area contributed by atoms with Gasteiger partial charge in [-0.05, 0) is 68.1 Å². The molecule has 136 valence electrons. The zero-order chi connectivity index (χ0) is 17.9. The van der Waals surface area contributed by atoms with Crippen LogP contribution in [0.5, 0.6) is 0 Å². The van der Waals surface area contributed by atoms with Gasteiger partial charge in [-0.2, -0.15) is 0 Å². The summed E-state index contributed by atoms with van der Waals surface area (Å²) in [4.78, 5) is 23.3. The lowest BCUT2D eigenvalue weighted by Gasteiger charge is -2.57. The van der Waals surface area contributed by atoms with E-state index in [-0.39, 0.29) is 0 Å². The Balaban J connectivity index is 0.000000197. The normalized spacial score (nSPS) is 32.4. The first-order valence-electron chi connectivity index (χ1n) is 9.04. The van der Waals surface area contributed by atoms with Gasteiger partial charge in [0, 0.05) is 31.1 Å². The van der Waals surface area contributed by atoms with Crippen molar-refractivity contribution in [2.75, 3.05) is 0 Å². The Bertz CT molecular complexity index is 585. The minimum absolute atomic E-state index is 0.558. The summed E-state index contributed by atoms with van der Waals surface area (Å²) in [6.07, 6.45) is 17.8. The highest BCUT2D eigenvalue weighted by Gasteiger charge is 2.50. The molecule has 0 atom stereocenters. The predicted molar refractivity (Wildman–Crippen MR) is 91.9 cm³/mol. The predicted octanol–water partition coefficient (Wildman–Crippen LogP) is 3.20. The number of carboxylic acids is 2. The third-order valence-electron chi connectivity index (χ3n) is 5.99. The standard InChI is InChI=1S/C15H22N2.C4H4O4/c1(3-17-4-2-16-11-17)15-8-12-5-13(9-15)7-14(6-12)10-15;5-3(6)1-2-4(7)8/h2,4,11-14H,1,3,5-10H2;1-2H,(H,5,6)(H,7,8). The molecule has 0 spiro atoms. The fourth-order valence-corrected chi connectivity index (χ4v) is 5.52. The molecule has 4 bridgehead atoms. The van der Waals surface area contributed by atoms with Gasteiger partial charge in [0.15, 0.2) is 0 Å². The van der Waals surface area contributed by atoms with Crippen molar-refractivity contribution in [2.24, 2.45) is 23.2 Å². The molecule has 2 N–H and O–H groups in total. The Morgan fingerprint density at radius 1 is 1.04 bits per heavy atom. The van der Waals surface area contributed by atoms with Crippen molar-refractivity contribution >= 4 is 11.9 Å². The van der Waals surface area contributed by atoms with Crippen LogP contribution in [0.25, 0.3) is 0 Å². The minimum Gasteiger partial charge on any atom is -0.478 e. The number of imidazole rings is 1. The maximum Gasteiger partial charge on any atom is 0.328 e. The van der Waals surface area contributed by atoms with Crippen molar-refractivity contribution in [1.82, 2.24) is 9.55 Å². The van der Waals surface area contributed by atoms with E-state index in [1.165, 1.54) is 32.2 Å². The number of carbonyl (C=O) groups is 2. The van der Waals surface area contributed by atoms with Gasteiger partial charge in [0.25, 0.3) is 0 Å². The molecule has 1 heterocycles. The lowest BCUT2D eigenvalue weighted by Crippen LogP contribution is -2.46. The topological polar surface area (TPSA) is 92.4 Å². The number of hydrogen-bond donors (Lipinski definition) is 2. The molecule has 0 unspecified atom stereocenters. The second-order valence-corrected chi connectivity index (χ2v) is 7.98. The van der Waals surface area contributed by atoms with Crippen LogP contribution in [0.4, 0.5) is 0 Å². The zero-order valence-corrected chi connectivity index (χ0v) is 14.4. The van der Waals surface area contributed by atoms with Crippen LogP contribution in [0.2, 0.25) is 0 Å². The van der Waals surface area contributed by atoms with Crippen LogP contribution in [0.3, 0.4) is 0 Å². The van der Waals surface area contributed by atoms with E-state index in [2.05, 4.69) is 15.7 Å². The number of aromatic nitrogens is 2. The van der Waals surface area contributed by atoms with Gasteiger partial charge in [-0.3, -0.25) is 0 Å². The van der Waals surface area contributed by atoms with Gasteiger partial charge < -0.3 is 14.8 Å². The zero-order valence-electron chi connectivity index (χ0n) is 14.4. The third-order valence-corrected chi connectivity index (χ3v) is 5.99. The molecule has 4 saturated carbocycles. The van der Waals surface area contributed by atoms with Crippen LogP contribution in [0.15, 0.2) is 30.9 Å². The molecule has 25 heavy (non-hydrogen) atoms. The van der Waals surface area contributed by atoms with Crippen molar-refractivity contribution in [2.45, 2.75) is 51.5 Å². The molecule has 5 rings (SSSR count). The van der Waals surface area contributed by atoms with Crippen molar-refractivity contribution in [3.8, 4) is 0 Å². The van der Waals surface area contributed by atoms with E-state index in [0.29, 0.717) is 12.2 Å². The molecule has 4 aliphatic rings. The van der Waals surface area contributed by atoms with Crippen molar-refractivity contribution in [3.05, 3.63) is 30.9 Å². The fourth-order valence-electron chi connectivity index (χ4n) is 5.52. The van der Waals surface area contributed by atoms with Gasteiger partial charge in [0.1, 0.15) is 0 Å². The number of carboxylic acid groups (broad SMARTS) is 2. The third kappa shape index (κ3) is 4.71. The van der Waals surface area contributed by atoms with Gasteiger partial charge >= 0.3 is 11.9 Å². The summed E-state index contributed by atoms with van der Waals surface area (Å²) in [5.74, 6) is 0.747. The second kappa shape index (κ2) is 7.42. The van der Waals surface area contributed by atoms with E-state index in [0.717, 1.165) is 23.2 Å². The highest BCUT2D eigenvalue weighted by Crippen LogP contribution is 2.61. The van der Waals surface area contributed by atoms with Gasteiger partial charge in [-0.15, -0.1) is 0 Å². The number of aryl methyl sites for hydroxylation is 1.